The van der Waals surface area contributed by atoms with E-state index in [2.05, 4.69) is 4.90 Å². The molecule has 0 aliphatic carbocycles. The Balaban J connectivity index is 1.38. The Labute approximate surface area is 260 Å². The highest BCUT2D eigenvalue weighted by Gasteiger charge is 2.31. The lowest BCUT2D eigenvalue weighted by Gasteiger charge is -2.33. The number of anilines is 2. The second-order valence-corrected chi connectivity index (χ2v) is 11.0. The van der Waals surface area contributed by atoms with Crippen LogP contribution in [0.5, 0.6) is 17.2 Å². The highest BCUT2D eigenvalue weighted by molar-refractivity contribution is 6.10. The van der Waals surface area contributed by atoms with Crippen LogP contribution in [0.3, 0.4) is 0 Å². The molecule has 2 aliphatic rings. The van der Waals surface area contributed by atoms with Crippen LogP contribution in [0.1, 0.15) is 33.6 Å². The van der Waals surface area contributed by atoms with Gasteiger partial charge < -0.3 is 28.9 Å². The lowest BCUT2D eigenvalue weighted by molar-refractivity contribution is -0.133. The molecule has 0 N–H and O–H groups in total. The number of piperidine rings is 1. The first-order valence-corrected chi connectivity index (χ1v) is 14.6. The summed E-state index contributed by atoms with van der Waals surface area (Å²) in [5.41, 5.74) is 1.59. The SMILES string of the molecule is COc1ccc(N(CCN2CCC(C(=O)c3ccc(F)cc3)CC2)C(=O)c2ccc(N(C)C)c3c2OC(=O)/C=C/C(=O)O3)cc1. The minimum atomic E-state index is -0.813. The third-order valence-electron chi connectivity index (χ3n) is 7.92. The predicted octanol–water partition coefficient (Wildman–Crippen LogP) is 4.52. The molecule has 234 valence electrons. The molecule has 45 heavy (non-hydrogen) atoms. The lowest BCUT2D eigenvalue weighted by atomic mass is 9.89. The summed E-state index contributed by atoms with van der Waals surface area (Å²) in [5.74, 6) is -2.14. The Morgan fingerprint density at radius 3 is 2.11 bits per heavy atom. The quantitative estimate of drug-likeness (QED) is 0.195. The van der Waals surface area contributed by atoms with Gasteiger partial charge in [0.25, 0.3) is 5.91 Å². The molecule has 3 aromatic carbocycles. The van der Waals surface area contributed by atoms with Crippen molar-refractivity contribution >= 4 is 35.0 Å². The van der Waals surface area contributed by atoms with Crippen molar-refractivity contribution in [2.75, 3.05) is 57.2 Å². The van der Waals surface area contributed by atoms with E-state index in [4.69, 9.17) is 14.2 Å². The molecule has 0 radical (unpaired) electrons. The maximum absolute atomic E-state index is 14.3. The largest absolute Gasteiger partial charge is 0.497 e. The van der Waals surface area contributed by atoms with Crippen molar-refractivity contribution in [1.82, 2.24) is 4.90 Å². The van der Waals surface area contributed by atoms with E-state index in [9.17, 15) is 23.6 Å². The molecule has 10 nitrogen and oxygen atoms in total. The summed E-state index contributed by atoms with van der Waals surface area (Å²) >= 11 is 0. The average molecular weight is 616 g/mol. The number of ether oxygens (including phenoxy) is 3. The number of carbonyl (C=O) groups excluding carboxylic acids is 4. The van der Waals surface area contributed by atoms with Crippen LogP contribution >= 0.6 is 0 Å². The van der Waals surface area contributed by atoms with Gasteiger partial charge in [0.05, 0.1) is 18.4 Å². The second kappa shape index (κ2) is 13.7. The van der Waals surface area contributed by atoms with Crippen molar-refractivity contribution in [3.05, 3.63) is 89.8 Å². The molecule has 0 atom stereocenters. The summed E-state index contributed by atoms with van der Waals surface area (Å²) in [4.78, 5) is 57.6. The fourth-order valence-corrected chi connectivity index (χ4v) is 5.44. The number of fused-ring (bicyclic) bond motifs is 1. The van der Waals surface area contributed by atoms with E-state index in [1.165, 1.54) is 24.3 Å². The fraction of sp³-hybridized carbons (Fsp3) is 0.294. The lowest BCUT2D eigenvalue weighted by Crippen LogP contribution is -2.43. The number of hydrogen-bond donors (Lipinski definition) is 0. The van der Waals surface area contributed by atoms with E-state index in [1.54, 1.807) is 67.4 Å². The molecule has 2 aliphatic heterocycles. The van der Waals surface area contributed by atoms with Gasteiger partial charge in [0.1, 0.15) is 11.6 Å². The van der Waals surface area contributed by atoms with E-state index < -0.39 is 17.8 Å². The minimum Gasteiger partial charge on any atom is -0.497 e. The monoisotopic (exact) mass is 615 g/mol. The summed E-state index contributed by atoms with van der Waals surface area (Å²) in [6.45, 7) is 2.08. The van der Waals surface area contributed by atoms with Crippen LogP contribution in [-0.4, -0.2) is 75.9 Å². The Morgan fingerprint density at radius 1 is 0.889 bits per heavy atom. The van der Waals surface area contributed by atoms with Crippen molar-refractivity contribution in [3.63, 3.8) is 0 Å². The van der Waals surface area contributed by atoms with Crippen molar-refractivity contribution in [2.24, 2.45) is 5.92 Å². The van der Waals surface area contributed by atoms with Crippen LogP contribution < -0.4 is 24.0 Å². The molecule has 0 aromatic heterocycles. The zero-order valence-electron chi connectivity index (χ0n) is 25.3. The first-order chi connectivity index (χ1) is 21.6. The van der Waals surface area contributed by atoms with Crippen LogP contribution in [0.2, 0.25) is 0 Å². The van der Waals surface area contributed by atoms with Gasteiger partial charge in [-0.25, -0.2) is 14.0 Å². The molecular weight excluding hydrogens is 581 g/mol. The van der Waals surface area contributed by atoms with E-state index in [0.29, 0.717) is 55.2 Å². The van der Waals surface area contributed by atoms with Gasteiger partial charge >= 0.3 is 11.9 Å². The summed E-state index contributed by atoms with van der Waals surface area (Å²) < 4.78 is 29.7. The number of likely N-dealkylation sites (tertiary alicyclic amines) is 1. The van der Waals surface area contributed by atoms with E-state index in [1.807, 2.05) is 0 Å². The molecular formula is C34H34FN3O7. The Bertz CT molecular complexity index is 1610. The Hall–Kier alpha value is -5.03. The molecule has 2 heterocycles. The molecule has 1 fully saturated rings. The van der Waals surface area contributed by atoms with Gasteiger partial charge in [0.15, 0.2) is 17.3 Å². The maximum atomic E-state index is 14.3. The van der Waals surface area contributed by atoms with Gasteiger partial charge in [-0.15, -0.1) is 0 Å². The molecule has 11 heteroatoms. The van der Waals surface area contributed by atoms with Crippen molar-refractivity contribution in [1.29, 1.82) is 0 Å². The summed E-state index contributed by atoms with van der Waals surface area (Å²) in [6, 6.07) is 15.8. The number of nitrogens with zero attached hydrogens (tertiary/aromatic N) is 3. The summed E-state index contributed by atoms with van der Waals surface area (Å²) in [7, 11) is 5.03. The second-order valence-electron chi connectivity index (χ2n) is 11.0. The number of amides is 1. The van der Waals surface area contributed by atoms with E-state index in [0.717, 1.165) is 12.2 Å². The fourth-order valence-electron chi connectivity index (χ4n) is 5.44. The first-order valence-electron chi connectivity index (χ1n) is 14.6. The van der Waals surface area contributed by atoms with Crippen molar-refractivity contribution in [2.45, 2.75) is 12.8 Å². The first kappa shape index (κ1) is 31.4. The highest BCUT2D eigenvalue weighted by Crippen LogP contribution is 2.42. The van der Waals surface area contributed by atoms with Crippen LogP contribution in [0.4, 0.5) is 15.8 Å². The van der Waals surface area contributed by atoms with Gasteiger partial charge in [-0.05, 0) is 86.6 Å². The summed E-state index contributed by atoms with van der Waals surface area (Å²) in [6.07, 6.45) is 3.20. The third-order valence-corrected chi connectivity index (χ3v) is 7.92. The Kier molecular flexibility index (Phi) is 9.58. The normalized spacial score (nSPS) is 16.0. The molecule has 0 unspecified atom stereocenters. The Morgan fingerprint density at radius 2 is 1.51 bits per heavy atom. The number of ketones is 1. The smallest absolute Gasteiger partial charge is 0.336 e. The number of halogens is 1. The number of carbonyl (C=O) groups is 4. The maximum Gasteiger partial charge on any atom is 0.336 e. The van der Waals surface area contributed by atoms with Gasteiger partial charge in [0, 0.05) is 56.5 Å². The average Bonchev–Trinajstić information content (AvgIpc) is 3.04. The molecule has 3 aromatic rings. The highest BCUT2D eigenvalue weighted by atomic mass is 19.1. The number of hydrogen-bond acceptors (Lipinski definition) is 9. The number of benzene rings is 3. The molecule has 0 spiro atoms. The standard InChI is InChI=1S/C34H34FN3O7/c1-36(2)28-13-12-27(32-33(28)45-30(40)15-14-29(39)44-32)34(42)38(25-8-10-26(43-3)11-9-25)21-20-37-18-16-23(17-19-37)31(41)22-4-6-24(35)7-5-22/h4-15,23H,16-21H2,1-3H3/b15-14+. The van der Waals surface area contributed by atoms with Crippen LogP contribution in [0, 0.1) is 11.7 Å². The van der Waals surface area contributed by atoms with Gasteiger partial charge in [-0.2, -0.15) is 0 Å². The molecule has 0 bridgehead atoms. The van der Waals surface area contributed by atoms with Gasteiger partial charge in [-0.1, -0.05) is 0 Å². The van der Waals surface area contributed by atoms with Crippen LogP contribution in [-0.2, 0) is 9.59 Å². The van der Waals surface area contributed by atoms with Crippen LogP contribution in [0.15, 0.2) is 72.8 Å². The third kappa shape index (κ3) is 7.21. The molecule has 0 saturated carbocycles. The topological polar surface area (TPSA) is 106 Å². The van der Waals surface area contributed by atoms with E-state index in [-0.39, 0.29) is 41.1 Å². The van der Waals surface area contributed by atoms with Gasteiger partial charge in [0.2, 0.25) is 0 Å². The van der Waals surface area contributed by atoms with Crippen molar-refractivity contribution in [3.8, 4) is 17.2 Å². The minimum absolute atomic E-state index is 0.00689. The number of rotatable bonds is 9. The molecule has 5 rings (SSSR count). The number of esters is 2. The van der Waals surface area contributed by atoms with E-state index >= 15 is 0 Å². The van der Waals surface area contributed by atoms with Crippen molar-refractivity contribution < 1.29 is 37.8 Å². The zero-order valence-corrected chi connectivity index (χ0v) is 25.3. The number of Topliss-reactive ketones (excluding diaryl/α,β-unsaturated/α-hetero) is 1. The van der Waals surface area contributed by atoms with Gasteiger partial charge in [-0.3, -0.25) is 9.59 Å². The number of methoxy groups -OCH3 is 1. The summed E-state index contributed by atoms with van der Waals surface area (Å²) in [5, 5.41) is 0. The van der Waals surface area contributed by atoms with Crippen LogP contribution in [0.25, 0.3) is 0 Å². The predicted molar refractivity (Wildman–Crippen MR) is 166 cm³/mol. The molecule has 1 saturated heterocycles. The zero-order chi connectivity index (χ0) is 32.1. The molecule has 1 amide bonds.